The van der Waals surface area contributed by atoms with E-state index in [2.05, 4.69) is 42.8 Å². The van der Waals surface area contributed by atoms with Crippen LogP contribution in [0.1, 0.15) is 12.5 Å². The van der Waals surface area contributed by atoms with Crippen LogP contribution in [0, 0.1) is 6.92 Å². The van der Waals surface area contributed by atoms with E-state index in [4.69, 9.17) is 5.73 Å². The van der Waals surface area contributed by atoms with Gasteiger partial charge < -0.3 is 15.5 Å². The highest BCUT2D eigenvalue weighted by Gasteiger charge is 2.21. The van der Waals surface area contributed by atoms with Gasteiger partial charge in [-0.2, -0.15) is 0 Å². The third-order valence-electron chi connectivity index (χ3n) is 3.52. The van der Waals surface area contributed by atoms with Gasteiger partial charge in [0.25, 0.3) is 0 Å². The van der Waals surface area contributed by atoms with Crippen molar-refractivity contribution in [2.24, 2.45) is 0 Å². The van der Waals surface area contributed by atoms with Crippen LogP contribution in [0.5, 0.6) is 0 Å². The molecular formula is C13H21N3. The highest BCUT2D eigenvalue weighted by Crippen LogP contribution is 2.24. The summed E-state index contributed by atoms with van der Waals surface area (Å²) in [6.07, 6.45) is 0. The average Bonchev–Trinajstić information content (AvgIpc) is 2.22. The van der Waals surface area contributed by atoms with Gasteiger partial charge in [-0.15, -0.1) is 0 Å². The number of nitrogen functional groups attached to an aromatic ring is 1. The number of benzene rings is 1. The van der Waals surface area contributed by atoms with Crippen LogP contribution < -0.4 is 10.6 Å². The number of hydrogen-bond donors (Lipinski definition) is 1. The zero-order valence-corrected chi connectivity index (χ0v) is 10.4. The SMILES string of the molecule is Cc1cc(N)ccc1N1CCN(C)[C@@H](C)C1. The number of aryl methyl sites for hydroxylation is 1. The summed E-state index contributed by atoms with van der Waals surface area (Å²) in [5, 5.41) is 0. The monoisotopic (exact) mass is 219 g/mol. The Labute approximate surface area is 97.8 Å². The summed E-state index contributed by atoms with van der Waals surface area (Å²) in [5.74, 6) is 0. The molecule has 1 atom stereocenters. The molecule has 2 rings (SSSR count). The van der Waals surface area contributed by atoms with E-state index in [0.717, 1.165) is 25.3 Å². The van der Waals surface area contributed by atoms with Gasteiger partial charge in [-0.1, -0.05) is 0 Å². The molecule has 2 N–H and O–H groups in total. The van der Waals surface area contributed by atoms with Crippen LogP contribution in [0.2, 0.25) is 0 Å². The van der Waals surface area contributed by atoms with Crippen LogP contribution in [0.15, 0.2) is 18.2 Å². The Morgan fingerprint density at radius 3 is 2.69 bits per heavy atom. The van der Waals surface area contributed by atoms with Crippen LogP contribution in [0.25, 0.3) is 0 Å². The molecule has 0 bridgehead atoms. The quantitative estimate of drug-likeness (QED) is 0.730. The van der Waals surface area contributed by atoms with E-state index in [1.807, 2.05) is 6.07 Å². The van der Waals surface area contributed by atoms with E-state index in [9.17, 15) is 0 Å². The van der Waals surface area contributed by atoms with Crippen LogP contribution in [0.4, 0.5) is 11.4 Å². The molecule has 0 aromatic heterocycles. The summed E-state index contributed by atoms with van der Waals surface area (Å²) in [7, 11) is 2.19. The lowest BCUT2D eigenvalue weighted by Gasteiger charge is -2.39. The van der Waals surface area contributed by atoms with Crippen molar-refractivity contribution in [1.82, 2.24) is 4.90 Å². The van der Waals surface area contributed by atoms with E-state index >= 15 is 0 Å². The van der Waals surface area contributed by atoms with Crippen molar-refractivity contribution in [2.75, 3.05) is 37.3 Å². The average molecular weight is 219 g/mol. The minimum Gasteiger partial charge on any atom is -0.399 e. The molecule has 1 aliphatic rings. The van der Waals surface area contributed by atoms with E-state index in [1.54, 1.807) is 0 Å². The minimum atomic E-state index is 0.616. The van der Waals surface area contributed by atoms with Crippen molar-refractivity contribution >= 4 is 11.4 Å². The van der Waals surface area contributed by atoms with Crippen LogP contribution in [-0.2, 0) is 0 Å². The molecule has 1 aromatic rings. The second-order valence-electron chi connectivity index (χ2n) is 4.82. The molecule has 1 heterocycles. The Kier molecular flexibility index (Phi) is 3.06. The molecule has 0 unspecified atom stereocenters. The van der Waals surface area contributed by atoms with E-state index < -0.39 is 0 Å². The molecule has 0 aliphatic carbocycles. The first-order chi connectivity index (χ1) is 7.58. The fraction of sp³-hybridized carbons (Fsp3) is 0.538. The Morgan fingerprint density at radius 1 is 1.31 bits per heavy atom. The predicted octanol–water partition coefficient (Wildman–Crippen LogP) is 1.72. The lowest BCUT2D eigenvalue weighted by molar-refractivity contribution is 0.234. The topological polar surface area (TPSA) is 32.5 Å². The van der Waals surface area contributed by atoms with E-state index in [-0.39, 0.29) is 0 Å². The molecule has 1 fully saturated rings. The molecule has 0 spiro atoms. The third-order valence-corrected chi connectivity index (χ3v) is 3.52. The Balaban J connectivity index is 2.18. The molecule has 1 aliphatic heterocycles. The van der Waals surface area contributed by atoms with Crippen molar-refractivity contribution in [1.29, 1.82) is 0 Å². The largest absolute Gasteiger partial charge is 0.399 e. The molecule has 0 amide bonds. The Bertz CT molecular complexity index is 375. The van der Waals surface area contributed by atoms with Crippen molar-refractivity contribution < 1.29 is 0 Å². The summed E-state index contributed by atoms with van der Waals surface area (Å²) in [6, 6.07) is 6.80. The summed E-state index contributed by atoms with van der Waals surface area (Å²) >= 11 is 0. The molecule has 88 valence electrons. The van der Waals surface area contributed by atoms with Crippen LogP contribution in [-0.4, -0.2) is 37.6 Å². The molecule has 1 aromatic carbocycles. The van der Waals surface area contributed by atoms with E-state index in [0.29, 0.717) is 6.04 Å². The first-order valence-electron chi connectivity index (χ1n) is 5.89. The van der Waals surface area contributed by atoms with Gasteiger partial charge in [-0.3, -0.25) is 0 Å². The van der Waals surface area contributed by atoms with Gasteiger partial charge in [0.1, 0.15) is 0 Å². The van der Waals surface area contributed by atoms with Gasteiger partial charge in [-0.05, 0) is 44.7 Å². The number of hydrogen-bond acceptors (Lipinski definition) is 3. The minimum absolute atomic E-state index is 0.616. The van der Waals surface area contributed by atoms with Crippen molar-refractivity contribution in [2.45, 2.75) is 19.9 Å². The Hall–Kier alpha value is -1.22. The van der Waals surface area contributed by atoms with E-state index in [1.165, 1.54) is 11.3 Å². The van der Waals surface area contributed by atoms with Gasteiger partial charge >= 0.3 is 0 Å². The molecule has 0 radical (unpaired) electrons. The van der Waals surface area contributed by atoms with Gasteiger partial charge in [0.15, 0.2) is 0 Å². The van der Waals surface area contributed by atoms with Crippen molar-refractivity contribution in [3.8, 4) is 0 Å². The first kappa shape index (κ1) is 11.3. The maximum absolute atomic E-state index is 5.78. The van der Waals surface area contributed by atoms with Gasteiger partial charge in [0.05, 0.1) is 0 Å². The lowest BCUT2D eigenvalue weighted by Crippen LogP contribution is -2.50. The normalized spacial score (nSPS) is 22.4. The number of likely N-dealkylation sites (N-methyl/N-ethyl adjacent to an activating group) is 1. The van der Waals surface area contributed by atoms with Gasteiger partial charge in [0, 0.05) is 37.1 Å². The smallest absolute Gasteiger partial charge is 0.0398 e. The summed E-state index contributed by atoms with van der Waals surface area (Å²) < 4.78 is 0. The second kappa shape index (κ2) is 4.34. The number of nitrogens with zero attached hydrogens (tertiary/aromatic N) is 2. The number of anilines is 2. The maximum Gasteiger partial charge on any atom is 0.0398 e. The third kappa shape index (κ3) is 2.14. The number of piperazine rings is 1. The molecule has 0 saturated carbocycles. The molecular weight excluding hydrogens is 198 g/mol. The zero-order chi connectivity index (χ0) is 11.7. The molecule has 3 nitrogen and oxygen atoms in total. The molecule has 3 heteroatoms. The lowest BCUT2D eigenvalue weighted by atomic mass is 10.1. The van der Waals surface area contributed by atoms with Crippen LogP contribution in [0.3, 0.4) is 0 Å². The summed E-state index contributed by atoms with van der Waals surface area (Å²) in [4.78, 5) is 4.86. The fourth-order valence-electron chi connectivity index (χ4n) is 2.30. The second-order valence-corrected chi connectivity index (χ2v) is 4.82. The predicted molar refractivity (Wildman–Crippen MR) is 69.9 cm³/mol. The molecule has 1 saturated heterocycles. The summed E-state index contributed by atoms with van der Waals surface area (Å²) in [6.45, 7) is 7.74. The molecule has 16 heavy (non-hydrogen) atoms. The highest BCUT2D eigenvalue weighted by atomic mass is 15.3. The van der Waals surface area contributed by atoms with Gasteiger partial charge in [-0.25, -0.2) is 0 Å². The number of nitrogens with two attached hydrogens (primary N) is 1. The first-order valence-corrected chi connectivity index (χ1v) is 5.89. The maximum atomic E-state index is 5.78. The fourth-order valence-corrected chi connectivity index (χ4v) is 2.30. The highest BCUT2D eigenvalue weighted by molar-refractivity contribution is 5.59. The summed E-state index contributed by atoms with van der Waals surface area (Å²) in [5.41, 5.74) is 9.23. The number of rotatable bonds is 1. The van der Waals surface area contributed by atoms with Gasteiger partial charge in [0.2, 0.25) is 0 Å². The van der Waals surface area contributed by atoms with Crippen LogP contribution >= 0.6 is 0 Å². The zero-order valence-electron chi connectivity index (χ0n) is 10.4. The Morgan fingerprint density at radius 2 is 2.06 bits per heavy atom. The standard InChI is InChI=1S/C13H21N3/c1-10-8-12(14)4-5-13(10)16-7-6-15(3)11(2)9-16/h4-5,8,11H,6-7,9,14H2,1-3H3/t11-/m0/s1. The van der Waals surface area contributed by atoms with Crippen molar-refractivity contribution in [3.05, 3.63) is 23.8 Å². The van der Waals surface area contributed by atoms with Crippen molar-refractivity contribution in [3.63, 3.8) is 0 Å².